The molecule has 6 aromatic heterocycles. The SMILES string of the molecule is CC(=O)c1[nH]c2ccc([N+](=O)[O-])cc2c1-c1ccccc1.CC(=O)c1[nH]c2ccc([N+](=O)[O-])cc2c1-c1ccccc1.CC(=O)c1c(-c2ccccc2)c2cc([N+](=O)[O-])ccc2n1C.CC(C)CC(=O)c1[nH]c2ccc([N+](=O)[O-])cc2c1-c1ccccc1.CNC(=O)c1[nH]c2ccc([N+](=O)[O-])cc2c1-c1ccccc1.COC(=O)c1[nH]c2ccc([N+](=O)[O-])cc2c1-c1ccccc1. The average Bonchev–Trinajstić information content (AvgIpc) is 1.61. The van der Waals surface area contributed by atoms with Crippen LogP contribution in [0.3, 0.4) is 0 Å². The van der Waals surface area contributed by atoms with E-state index < -0.39 is 35.5 Å². The monoisotopic (exact) mass is 1770 g/mol. The van der Waals surface area contributed by atoms with Crippen LogP contribution in [0.25, 0.3) is 132 Å². The van der Waals surface area contributed by atoms with Crippen LogP contribution in [0.1, 0.15) is 104 Å². The van der Waals surface area contributed by atoms with E-state index >= 15 is 0 Å². The van der Waals surface area contributed by atoms with Crippen LogP contribution < -0.4 is 5.32 Å². The number of aryl methyl sites for hydroxylation is 1. The van der Waals surface area contributed by atoms with Crippen LogP contribution in [0.5, 0.6) is 0 Å². The lowest BCUT2D eigenvalue weighted by Gasteiger charge is -2.06. The second kappa shape index (κ2) is 40.0. The number of hydrogen-bond donors (Lipinski definition) is 6. The fraction of sp³-hybridized carbons (Fsp3) is 0.100. The number of nitrogens with one attached hydrogen (secondary N) is 6. The number of hydrogen-bond acceptors (Lipinski definition) is 19. The van der Waals surface area contributed by atoms with Gasteiger partial charge in [0.2, 0.25) is 0 Å². The Balaban J connectivity index is 0.000000135. The number of nitro groups is 6. The highest BCUT2D eigenvalue weighted by Crippen LogP contribution is 2.43. The molecule has 18 rings (SSSR count). The van der Waals surface area contributed by atoms with Crippen LogP contribution in [-0.2, 0) is 11.8 Å². The number of H-pyrrole nitrogens is 5. The van der Waals surface area contributed by atoms with Crippen molar-refractivity contribution < 1.29 is 63.0 Å². The molecule has 660 valence electrons. The number of non-ortho nitro benzene ring substituents is 6. The summed E-state index contributed by atoms with van der Waals surface area (Å²) >= 11 is 0. The summed E-state index contributed by atoms with van der Waals surface area (Å²) in [4.78, 5) is 151. The number of carbonyl (C=O) groups is 6. The van der Waals surface area contributed by atoms with Crippen molar-refractivity contribution in [1.29, 1.82) is 0 Å². The Labute approximate surface area is 749 Å². The normalized spacial score (nSPS) is 10.8. The molecular weight excluding hydrogens is 1690 g/mol. The minimum atomic E-state index is -0.516. The van der Waals surface area contributed by atoms with Crippen LogP contribution >= 0.6 is 0 Å². The highest BCUT2D eigenvalue weighted by molar-refractivity contribution is 6.16. The Morgan fingerprint density at radius 2 is 0.568 bits per heavy atom. The smallest absolute Gasteiger partial charge is 0.355 e. The number of aromatic nitrogens is 6. The molecule has 0 saturated carbocycles. The molecule has 12 aromatic carbocycles. The van der Waals surface area contributed by atoms with E-state index in [1.165, 1.54) is 101 Å². The van der Waals surface area contributed by atoms with Crippen LogP contribution in [0.2, 0.25) is 0 Å². The van der Waals surface area contributed by atoms with Gasteiger partial charge in [0, 0.05) is 213 Å². The minimum absolute atomic E-state index is 0.00728. The van der Waals surface area contributed by atoms with E-state index in [4.69, 9.17) is 4.74 Å². The number of aromatic amines is 5. The predicted octanol–water partition coefficient (Wildman–Crippen LogP) is 23.5. The third-order valence-electron chi connectivity index (χ3n) is 21.5. The molecule has 0 fully saturated rings. The summed E-state index contributed by atoms with van der Waals surface area (Å²) in [6, 6.07) is 83.7. The van der Waals surface area contributed by atoms with Crippen LogP contribution in [0.15, 0.2) is 291 Å². The standard InChI is InChI=1S/C19H18N2O3.C17H14N2O3.C16H13N3O3.C16H12N2O4.2C16H12N2O3/c1-12(2)10-17(22)19-18(13-6-4-3-5-7-13)15-11-14(21(23)24)8-9-16(15)20-19;1-11(20)17-16(12-6-4-3-5-7-12)14-10-13(19(21)22)8-9-15(14)18(17)2;1-17-16(20)15-14(10-5-3-2-4-6-10)12-9-11(19(21)22)7-8-13(12)18-15;1-22-16(19)15-14(10-5-3-2-4-6-10)12-9-11(18(20)21)7-8-13(12)17-15;2*1-10(19)16-15(11-5-3-2-4-6-11)13-9-12(18(20)21)7-8-14(13)17-16/h3-9,11-12,20H,10H2,1-2H3;3-10H,1-2H3;2-9,18H,1H3,(H,17,20);2-9,17H,1H3;2*2-9,17H,1H3. The number of amides is 1. The molecule has 0 aliphatic carbocycles. The summed E-state index contributed by atoms with van der Waals surface area (Å²) in [6.45, 7) is 8.45. The maximum atomic E-state index is 12.7. The highest BCUT2D eigenvalue weighted by atomic mass is 16.6. The molecule has 0 spiro atoms. The lowest BCUT2D eigenvalue weighted by atomic mass is 9.97. The van der Waals surface area contributed by atoms with E-state index in [-0.39, 0.29) is 74.8 Å². The van der Waals surface area contributed by atoms with E-state index in [9.17, 15) is 89.5 Å². The first-order chi connectivity index (χ1) is 63.3. The zero-order valence-corrected chi connectivity index (χ0v) is 71.9. The van der Waals surface area contributed by atoms with Gasteiger partial charge < -0.3 is 39.5 Å². The number of rotatable bonds is 20. The first kappa shape index (κ1) is 91.6. The summed E-state index contributed by atoms with van der Waals surface area (Å²) in [7, 11) is 4.65. The van der Waals surface area contributed by atoms with Crippen molar-refractivity contribution in [2.45, 2.75) is 41.0 Å². The van der Waals surface area contributed by atoms with Gasteiger partial charge in [0.25, 0.3) is 40.0 Å². The number of fused-ring (bicyclic) bond motifs is 6. The van der Waals surface area contributed by atoms with Crippen LogP contribution in [0, 0.1) is 66.6 Å². The van der Waals surface area contributed by atoms with Gasteiger partial charge in [-0.2, -0.15) is 0 Å². The van der Waals surface area contributed by atoms with Crippen molar-refractivity contribution in [3.8, 4) is 66.8 Å². The van der Waals surface area contributed by atoms with Gasteiger partial charge in [0.15, 0.2) is 23.1 Å². The number of ether oxygens (including phenoxy) is 1. The van der Waals surface area contributed by atoms with E-state index in [0.29, 0.717) is 112 Å². The van der Waals surface area contributed by atoms with Crippen molar-refractivity contribution >= 4 is 135 Å². The Morgan fingerprint density at radius 3 is 0.833 bits per heavy atom. The summed E-state index contributed by atoms with van der Waals surface area (Å²) in [6.07, 6.45) is 0.425. The molecule has 132 heavy (non-hydrogen) atoms. The minimum Gasteiger partial charge on any atom is -0.464 e. The van der Waals surface area contributed by atoms with Crippen molar-refractivity contribution in [2.75, 3.05) is 14.2 Å². The van der Waals surface area contributed by atoms with Crippen molar-refractivity contribution in [3.63, 3.8) is 0 Å². The fourth-order valence-electron chi connectivity index (χ4n) is 15.6. The van der Waals surface area contributed by atoms with Gasteiger partial charge in [-0.25, -0.2) is 4.79 Å². The predicted molar refractivity (Wildman–Crippen MR) is 505 cm³/mol. The second-order valence-corrected chi connectivity index (χ2v) is 30.5. The molecular formula is C100H81N13O19. The molecule has 18 aromatic rings. The molecule has 0 bridgehead atoms. The zero-order valence-electron chi connectivity index (χ0n) is 71.9. The molecule has 0 aliphatic heterocycles. The third kappa shape index (κ3) is 19.8. The molecule has 1 amide bonds. The number of nitrogens with zero attached hydrogens (tertiary/aromatic N) is 7. The third-order valence-corrected chi connectivity index (χ3v) is 21.5. The average molecular weight is 1770 g/mol. The molecule has 0 aliphatic rings. The molecule has 6 heterocycles. The second-order valence-electron chi connectivity index (χ2n) is 30.5. The van der Waals surface area contributed by atoms with E-state index in [1.807, 2.05) is 196 Å². The molecule has 0 saturated heterocycles. The summed E-state index contributed by atoms with van der Waals surface area (Å²) < 4.78 is 6.60. The first-order valence-corrected chi connectivity index (χ1v) is 40.8. The Morgan fingerprint density at radius 1 is 0.326 bits per heavy atom. The van der Waals surface area contributed by atoms with Gasteiger partial charge in [-0.05, 0) is 75.7 Å². The maximum absolute atomic E-state index is 12.7. The maximum Gasteiger partial charge on any atom is 0.355 e. The highest BCUT2D eigenvalue weighted by Gasteiger charge is 2.28. The number of methoxy groups -OCH3 is 1. The largest absolute Gasteiger partial charge is 0.464 e. The van der Waals surface area contributed by atoms with Crippen LogP contribution in [0.4, 0.5) is 34.1 Å². The number of ketones is 4. The summed E-state index contributed by atoms with van der Waals surface area (Å²) in [5.41, 5.74) is 16.2. The van der Waals surface area contributed by atoms with Gasteiger partial charge in [-0.15, -0.1) is 0 Å². The van der Waals surface area contributed by atoms with E-state index in [0.717, 1.165) is 55.5 Å². The molecule has 32 heteroatoms. The number of carbonyl (C=O) groups excluding carboxylic acids is 6. The van der Waals surface area contributed by atoms with Crippen molar-refractivity contribution in [1.82, 2.24) is 34.8 Å². The fourth-order valence-corrected chi connectivity index (χ4v) is 15.6. The van der Waals surface area contributed by atoms with Crippen molar-refractivity contribution in [2.24, 2.45) is 13.0 Å². The number of esters is 1. The lowest BCUT2D eigenvalue weighted by molar-refractivity contribution is -0.384. The topological polar surface area (TPSA) is 466 Å². The van der Waals surface area contributed by atoms with Gasteiger partial charge in [0.05, 0.1) is 59.4 Å². The Hall–Kier alpha value is -18.1. The zero-order chi connectivity index (χ0) is 94.5. The Kier molecular flexibility index (Phi) is 27.8. The van der Waals surface area contributed by atoms with Gasteiger partial charge in [0.1, 0.15) is 11.4 Å². The number of Topliss-reactive ketones (excluding diaryl/α,β-unsaturated/α-hetero) is 4. The number of benzene rings is 12. The first-order valence-electron chi connectivity index (χ1n) is 40.8. The molecule has 6 N–H and O–H groups in total. The molecule has 32 nitrogen and oxygen atoms in total. The van der Waals surface area contributed by atoms with Crippen molar-refractivity contribution in [3.05, 3.63) is 386 Å². The van der Waals surface area contributed by atoms with E-state index in [1.54, 1.807) is 55.1 Å². The van der Waals surface area contributed by atoms with Crippen LogP contribution in [-0.4, -0.2) is 108 Å². The van der Waals surface area contributed by atoms with E-state index in [2.05, 4.69) is 30.2 Å². The molecule has 0 unspecified atom stereocenters. The molecule has 0 radical (unpaired) electrons. The quantitative estimate of drug-likeness (QED) is 0.0179. The van der Waals surface area contributed by atoms with Gasteiger partial charge >= 0.3 is 5.97 Å². The lowest BCUT2D eigenvalue weighted by Crippen LogP contribution is -2.18. The number of nitro benzene ring substituents is 6. The van der Waals surface area contributed by atoms with Gasteiger partial charge in [-0.1, -0.05) is 196 Å². The summed E-state index contributed by atoms with van der Waals surface area (Å²) in [5.74, 6) is -0.805. The van der Waals surface area contributed by atoms with Gasteiger partial charge in [-0.3, -0.25) is 84.7 Å². The molecule has 0 atom stereocenters. The summed E-state index contributed by atoms with van der Waals surface area (Å²) in [5, 5.41) is 72.7. The Bertz CT molecular complexity index is 7260.